The van der Waals surface area contributed by atoms with Crippen molar-refractivity contribution >= 4 is 23.4 Å². The van der Waals surface area contributed by atoms with Gasteiger partial charge in [-0.2, -0.15) is 8.78 Å². The van der Waals surface area contributed by atoms with Crippen LogP contribution in [0, 0.1) is 0 Å². The molecule has 0 aliphatic carbocycles. The Bertz CT molecular complexity index is 800. The van der Waals surface area contributed by atoms with Crippen LogP contribution in [0.4, 0.5) is 8.78 Å². The molecule has 0 N–H and O–H groups in total. The Hall–Kier alpha value is -1.93. The van der Waals surface area contributed by atoms with E-state index in [1.807, 2.05) is 23.7 Å². The zero-order chi connectivity index (χ0) is 16.4. The molecular weight excluding hydrogens is 344 g/mol. The Morgan fingerprint density at radius 1 is 1.22 bits per heavy atom. The lowest BCUT2D eigenvalue weighted by Crippen LogP contribution is -2.03. The Morgan fingerprint density at radius 3 is 2.65 bits per heavy atom. The van der Waals surface area contributed by atoms with Crippen molar-refractivity contribution in [3.63, 3.8) is 0 Å². The molecular formula is C14H12ClF2N5S. The number of thioether (sulfide) groups is 1. The Balaban J connectivity index is 1.77. The standard InChI is InChI=1S/C14H12ClF2N5S/c1-21-12(9-2-4-10(15)5-3-9)19-20-14(21)23-8-11-18-6-7-22(11)13(16)17/h2-7,13H,8H2,1H3. The number of alkyl halides is 2. The largest absolute Gasteiger partial charge is 0.319 e. The third-order valence-electron chi connectivity index (χ3n) is 3.23. The summed E-state index contributed by atoms with van der Waals surface area (Å²) >= 11 is 7.18. The van der Waals surface area contributed by atoms with E-state index in [0.29, 0.717) is 21.8 Å². The van der Waals surface area contributed by atoms with Crippen LogP contribution in [0.15, 0.2) is 41.8 Å². The van der Waals surface area contributed by atoms with Crippen LogP contribution in [-0.4, -0.2) is 24.3 Å². The topological polar surface area (TPSA) is 48.5 Å². The maximum Gasteiger partial charge on any atom is 0.319 e. The first kappa shape index (κ1) is 15.9. The van der Waals surface area contributed by atoms with E-state index in [1.54, 1.807) is 12.1 Å². The molecule has 0 bridgehead atoms. The molecule has 0 unspecified atom stereocenters. The molecule has 0 radical (unpaired) electrons. The van der Waals surface area contributed by atoms with Gasteiger partial charge in [0.25, 0.3) is 0 Å². The van der Waals surface area contributed by atoms with E-state index in [1.165, 1.54) is 24.2 Å². The fourth-order valence-electron chi connectivity index (χ4n) is 2.05. The first-order valence-corrected chi connectivity index (χ1v) is 8.00. The molecule has 9 heteroatoms. The van der Waals surface area contributed by atoms with Gasteiger partial charge in [-0.3, -0.25) is 4.57 Å². The number of rotatable bonds is 5. The van der Waals surface area contributed by atoms with Crippen LogP contribution < -0.4 is 0 Å². The van der Waals surface area contributed by atoms with Crippen LogP contribution in [0.1, 0.15) is 12.4 Å². The number of halogens is 3. The Labute approximate surface area is 140 Å². The van der Waals surface area contributed by atoms with Gasteiger partial charge in [0.2, 0.25) is 0 Å². The van der Waals surface area contributed by atoms with E-state index in [4.69, 9.17) is 11.6 Å². The van der Waals surface area contributed by atoms with Crippen LogP contribution in [0.5, 0.6) is 0 Å². The molecule has 0 saturated carbocycles. The highest BCUT2D eigenvalue weighted by molar-refractivity contribution is 7.98. The van der Waals surface area contributed by atoms with Crippen molar-refractivity contribution in [2.24, 2.45) is 7.05 Å². The average Bonchev–Trinajstić information content (AvgIpc) is 3.13. The predicted molar refractivity (Wildman–Crippen MR) is 84.5 cm³/mol. The van der Waals surface area contributed by atoms with E-state index in [0.717, 1.165) is 10.1 Å². The molecule has 0 fully saturated rings. The summed E-state index contributed by atoms with van der Waals surface area (Å²) in [6, 6.07) is 7.25. The number of nitrogens with zero attached hydrogens (tertiary/aromatic N) is 5. The second-order valence-corrected chi connectivity index (χ2v) is 6.07. The molecule has 0 spiro atoms. The number of hydrogen-bond donors (Lipinski definition) is 0. The monoisotopic (exact) mass is 355 g/mol. The van der Waals surface area contributed by atoms with Gasteiger partial charge in [0.1, 0.15) is 5.82 Å². The third kappa shape index (κ3) is 3.37. The zero-order valence-corrected chi connectivity index (χ0v) is 13.6. The van der Waals surface area contributed by atoms with Crippen LogP contribution in [0.25, 0.3) is 11.4 Å². The molecule has 2 heterocycles. The molecule has 2 aromatic heterocycles. The van der Waals surface area contributed by atoms with Gasteiger partial charge in [0.15, 0.2) is 11.0 Å². The maximum absolute atomic E-state index is 12.8. The molecule has 23 heavy (non-hydrogen) atoms. The highest BCUT2D eigenvalue weighted by Crippen LogP contribution is 2.26. The van der Waals surface area contributed by atoms with Gasteiger partial charge in [-0.25, -0.2) is 4.98 Å². The van der Waals surface area contributed by atoms with Gasteiger partial charge in [0, 0.05) is 30.0 Å². The smallest absolute Gasteiger partial charge is 0.305 e. The minimum atomic E-state index is -2.60. The Kier molecular flexibility index (Phi) is 4.63. The normalized spacial score (nSPS) is 11.3. The number of benzene rings is 1. The highest BCUT2D eigenvalue weighted by atomic mass is 35.5. The summed E-state index contributed by atoms with van der Waals surface area (Å²) in [5.41, 5.74) is 0.880. The molecule has 1 aromatic carbocycles. The van der Waals surface area contributed by atoms with Gasteiger partial charge in [-0.05, 0) is 24.3 Å². The summed E-state index contributed by atoms with van der Waals surface area (Å²) in [5, 5.41) is 9.52. The van der Waals surface area contributed by atoms with Crippen molar-refractivity contribution in [1.29, 1.82) is 0 Å². The zero-order valence-electron chi connectivity index (χ0n) is 12.0. The summed E-state index contributed by atoms with van der Waals surface area (Å²) in [6.07, 6.45) is 2.62. The average molecular weight is 356 g/mol. The lowest BCUT2D eigenvalue weighted by molar-refractivity contribution is 0.0678. The summed E-state index contributed by atoms with van der Waals surface area (Å²) in [7, 11) is 1.83. The van der Waals surface area contributed by atoms with Crippen LogP contribution in [0.3, 0.4) is 0 Å². The highest BCUT2D eigenvalue weighted by Gasteiger charge is 2.15. The van der Waals surface area contributed by atoms with Gasteiger partial charge in [0.05, 0.1) is 5.75 Å². The minimum absolute atomic E-state index is 0.282. The molecule has 5 nitrogen and oxygen atoms in total. The first-order valence-electron chi connectivity index (χ1n) is 6.64. The molecule has 0 saturated heterocycles. The summed E-state index contributed by atoms with van der Waals surface area (Å²) in [6.45, 7) is -2.60. The van der Waals surface area contributed by atoms with Crippen LogP contribution >= 0.6 is 23.4 Å². The fraction of sp³-hybridized carbons (Fsp3) is 0.214. The summed E-state index contributed by atoms with van der Waals surface area (Å²) in [4.78, 5) is 3.95. The van der Waals surface area contributed by atoms with Crippen molar-refractivity contribution in [2.45, 2.75) is 17.5 Å². The van der Waals surface area contributed by atoms with Gasteiger partial charge in [-0.1, -0.05) is 23.4 Å². The molecule has 3 aromatic rings. The molecule has 3 rings (SSSR count). The minimum Gasteiger partial charge on any atom is -0.305 e. The van der Waals surface area contributed by atoms with Crippen molar-refractivity contribution in [1.82, 2.24) is 24.3 Å². The van der Waals surface area contributed by atoms with E-state index < -0.39 is 6.55 Å². The van der Waals surface area contributed by atoms with Crippen molar-refractivity contribution in [3.05, 3.63) is 47.5 Å². The molecule has 0 amide bonds. The van der Waals surface area contributed by atoms with Gasteiger partial charge < -0.3 is 4.57 Å². The van der Waals surface area contributed by atoms with E-state index >= 15 is 0 Å². The number of aromatic nitrogens is 5. The molecule has 120 valence electrons. The Morgan fingerprint density at radius 2 is 1.96 bits per heavy atom. The quantitative estimate of drug-likeness (QED) is 0.648. The maximum atomic E-state index is 12.8. The van der Waals surface area contributed by atoms with Gasteiger partial charge >= 0.3 is 6.55 Å². The van der Waals surface area contributed by atoms with Crippen LogP contribution in [0.2, 0.25) is 5.02 Å². The number of hydrogen-bond acceptors (Lipinski definition) is 4. The second-order valence-electron chi connectivity index (χ2n) is 4.69. The lowest BCUT2D eigenvalue weighted by Gasteiger charge is -2.06. The van der Waals surface area contributed by atoms with Crippen LogP contribution in [-0.2, 0) is 12.8 Å². The summed E-state index contributed by atoms with van der Waals surface area (Å²) < 4.78 is 28.2. The van der Waals surface area contributed by atoms with Crippen molar-refractivity contribution < 1.29 is 8.78 Å². The lowest BCUT2D eigenvalue weighted by atomic mass is 10.2. The fourth-order valence-corrected chi connectivity index (χ4v) is 3.04. The van der Waals surface area contributed by atoms with E-state index in [-0.39, 0.29) is 5.75 Å². The van der Waals surface area contributed by atoms with E-state index in [9.17, 15) is 8.78 Å². The molecule has 0 aliphatic heterocycles. The third-order valence-corrected chi connectivity index (χ3v) is 4.50. The second kappa shape index (κ2) is 6.67. The first-order chi connectivity index (χ1) is 11.1. The van der Waals surface area contributed by atoms with Gasteiger partial charge in [-0.15, -0.1) is 10.2 Å². The van der Waals surface area contributed by atoms with Crippen molar-refractivity contribution in [2.75, 3.05) is 0 Å². The number of imidazole rings is 1. The predicted octanol–water partition coefficient (Wildman–Crippen LogP) is 4.02. The van der Waals surface area contributed by atoms with Crippen molar-refractivity contribution in [3.8, 4) is 11.4 Å². The molecule has 0 aliphatic rings. The summed E-state index contributed by atoms with van der Waals surface area (Å²) in [5.74, 6) is 1.26. The SMILES string of the molecule is Cn1c(SCc2nccn2C(F)F)nnc1-c1ccc(Cl)cc1. The molecule has 0 atom stereocenters. The van der Waals surface area contributed by atoms with E-state index in [2.05, 4.69) is 15.2 Å².